The van der Waals surface area contributed by atoms with Crippen molar-refractivity contribution in [2.75, 3.05) is 18.0 Å². The van der Waals surface area contributed by atoms with Gasteiger partial charge in [-0.05, 0) is 25.1 Å². The first kappa shape index (κ1) is 21.0. The molecule has 152 valence electrons. The molecule has 0 atom stereocenters. The zero-order valence-corrected chi connectivity index (χ0v) is 17.4. The summed E-state index contributed by atoms with van der Waals surface area (Å²) in [5, 5.41) is 18.4. The van der Waals surface area contributed by atoms with Gasteiger partial charge in [0.1, 0.15) is 16.1 Å². The van der Waals surface area contributed by atoms with Crippen molar-refractivity contribution >= 4 is 50.7 Å². The van der Waals surface area contributed by atoms with Crippen LogP contribution in [-0.2, 0) is 14.8 Å². The maximum absolute atomic E-state index is 12.2. The van der Waals surface area contributed by atoms with Crippen LogP contribution in [-0.4, -0.2) is 43.5 Å². The van der Waals surface area contributed by atoms with E-state index in [2.05, 4.69) is 4.98 Å². The SMILES string of the molecule is Cc1nc(N2CC(CC(=O)NS(=O)(=O)c3ccc(Cl)s3)C2)c(C#N)cc1C(=O)O. The molecule has 29 heavy (non-hydrogen) atoms. The maximum Gasteiger partial charge on any atom is 0.337 e. The molecule has 3 rings (SSSR count). The first-order valence-electron chi connectivity index (χ1n) is 8.31. The molecule has 0 aromatic carbocycles. The van der Waals surface area contributed by atoms with Gasteiger partial charge in [-0.15, -0.1) is 11.3 Å². The zero-order chi connectivity index (χ0) is 21.3. The number of nitrogens with one attached hydrogen (secondary N) is 1. The summed E-state index contributed by atoms with van der Waals surface area (Å²) in [5.41, 5.74) is 0.377. The minimum Gasteiger partial charge on any atom is -0.478 e. The first-order valence-corrected chi connectivity index (χ1v) is 11.0. The molecule has 9 nitrogen and oxygen atoms in total. The molecule has 12 heteroatoms. The Hall–Kier alpha value is -2.68. The van der Waals surface area contributed by atoms with E-state index in [0.29, 0.717) is 23.2 Å². The lowest BCUT2D eigenvalue weighted by Gasteiger charge is -2.40. The van der Waals surface area contributed by atoms with Crippen LogP contribution >= 0.6 is 22.9 Å². The van der Waals surface area contributed by atoms with E-state index < -0.39 is 21.9 Å². The number of nitrogens with zero attached hydrogens (tertiary/aromatic N) is 3. The average Bonchev–Trinajstić information content (AvgIpc) is 3.04. The standard InChI is InChI=1S/C17H15ClN4O5S2/c1-9-12(17(24)25)5-11(6-19)16(20-9)22-7-10(8-22)4-14(23)21-29(26,27)15-3-2-13(18)28-15/h2-3,5,10H,4,7-8H2,1H3,(H,21,23)(H,24,25). The number of aromatic nitrogens is 1. The Kier molecular flexibility index (Phi) is 5.79. The van der Waals surface area contributed by atoms with Crippen LogP contribution in [0, 0.1) is 24.2 Å². The van der Waals surface area contributed by atoms with Crippen molar-refractivity contribution in [2.45, 2.75) is 17.6 Å². The van der Waals surface area contributed by atoms with Gasteiger partial charge < -0.3 is 10.0 Å². The molecule has 0 aliphatic carbocycles. The highest BCUT2D eigenvalue weighted by atomic mass is 35.5. The number of carboxylic acid groups (broad SMARTS) is 1. The van der Waals surface area contributed by atoms with E-state index in [1.54, 1.807) is 11.8 Å². The number of halogens is 1. The van der Waals surface area contributed by atoms with E-state index >= 15 is 0 Å². The van der Waals surface area contributed by atoms with Gasteiger partial charge in [0.15, 0.2) is 0 Å². The summed E-state index contributed by atoms with van der Waals surface area (Å²) in [4.78, 5) is 29.3. The Morgan fingerprint density at radius 1 is 1.45 bits per heavy atom. The number of anilines is 1. The molecule has 1 saturated heterocycles. The molecule has 0 radical (unpaired) electrons. The van der Waals surface area contributed by atoms with Crippen molar-refractivity contribution in [3.63, 3.8) is 0 Å². The molecule has 2 aromatic heterocycles. The number of sulfonamides is 1. The summed E-state index contributed by atoms with van der Waals surface area (Å²) >= 11 is 6.59. The second-order valence-corrected chi connectivity index (χ2v) is 10.1. The number of hydrogen-bond donors (Lipinski definition) is 2. The molecular weight excluding hydrogens is 440 g/mol. The summed E-state index contributed by atoms with van der Waals surface area (Å²) in [7, 11) is -3.95. The van der Waals surface area contributed by atoms with Crippen molar-refractivity contribution in [2.24, 2.45) is 5.92 Å². The summed E-state index contributed by atoms with van der Waals surface area (Å²) in [6.45, 7) is 2.33. The van der Waals surface area contributed by atoms with E-state index in [9.17, 15) is 23.3 Å². The minimum atomic E-state index is -3.95. The summed E-state index contributed by atoms with van der Waals surface area (Å²) in [6.07, 6.45) is -0.0110. The number of carboxylic acids is 1. The number of pyridine rings is 1. The zero-order valence-electron chi connectivity index (χ0n) is 15.0. The fourth-order valence-corrected chi connectivity index (χ4v) is 5.43. The molecule has 0 unspecified atom stereocenters. The number of aryl methyl sites for hydroxylation is 1. The van der Waals surface area contributed by atoms with Crippen LogP contribution in [0.1, 0.15) is 28.0 Å². The fraction of sp³-hybridized carbons (Fsp3) is 0.294. The van der Waals surface area contributed by atoms with Crippen molar-refractivity contribution in [1.82, 2.24) is 9.71 Å². The number of aromatic carboxylic acids is 1. The van der Waals surface area contributed by atoms with Crippen molar-refractivity contribution < 1.29 is 23.1 Å². The number of carbonyl (C=O) groups excluding carboxylic acids is 1. The summed E-state index contributed by atoms with van der Waals surface area (Å²) < 4.78 is 26.6. The second-order valence-electron chi connectivity index (χ2n) is 6.47. The highest BCUT2D eigenvalue weighted by molar-refractivity contribution is 7.92. The molecule has 1 aliphatic rings. The highest BCUT2D eigenvalue weighted by Crippen LogP contribution is 2.30. The third-order valence-electron chi connectivity index (χ3n) is 4.34. The van der Waals surface area contributed by atoms with Crippen LogP contribution in [0.25, 0.3) is 0 Å². The normalized spacial score (nSPS) is 14.2. The Morgan fingerprint density at radius 2 is 2.14 bits per heavy atom. The minimum absolute atomic E-state index is 0.0110. The van der Waals surface area contributed by atoms with Gasteiger partial charge in [-0.25, -0.2) is 22.9 Å². The van der Waals surface area contributed by atoms with Crippen molar-refractivity contribution in [3.05, 3.63) is 39.4 Å². The van der Waals surface area contributed by atoms with Gasteiger partial charge in [-0.2, -0.15) is 5.26 Å². The lowest BCUT2D eigenvalue weighted by atomic mass is 9.95. The molecule has 2 aromatic rings. The predicted octanol–water partition coefficient (Wildman–Crippen LogP) is 2.01. The third kappa shape index (κ3) is 4.50. The molecule has 1 fully saturated rings. The van der Waals surface area contributed by atoms with Crippen LogP contribution in [0.5, 0.6) is 0 Å². The second kappa shape index (κ2) is 7.98. The molecule has 0 bridgehead atoms. The highest BCUT2D eigenvalue weighted by Gasteiger charge is 2.33. The molecule has 1 amide bonds. The summed E-state index contributed by atoms with van der Waals surface area (Å²) in [5.74, 6) is -1.56. The smallest absolute Gasteiger partial charge is 0.337 e. The molecule has 0 spiro atoms. The van der Waals surface area contributed by atoms with Gasteiger partial charge in [0.05, 0.1) is 21.2 Å². The lowest BCUT2D eigenvalue weighted by molar-refractivity contribution is -0.120. The van der Waals surface area contributed by atoms with Crippen LogP contribution < -0.4 is 9.62 Å². The largest absolute Gasteiger partial charge is 0.478 e. The van der Waals surface area contributed by atoms with Crippen LogP contribution in [0.4, 0.5) is 5.82 Å². The molecule has 0 saturated carbocycles. The number of nitriles is 1. The van der Waals surface area contributed by atoms with Gasteiger partial charge in [-0.3, -0.25) is 4.79 Å². The number of rotatable bonds is 6. The Bertz CT molecular complexity index is 1130. The van der Waals surface area contributed by atoms with E-state index in [-0.39, 0.29) is 33.4 Å². The Morgan fingerprint density at radius 3 is 2.69 bits per heavy atom. The number of amides is 1. The van der Waals surface area contributed by atoms with Crippen LogP contribution in [0.2, 0.25) is 4.34 Å². The van der Waals surface area contributed by atoms with Crippen molar-refractivity contribution in [3.8, 4) is 6.07 Å². The maximum atomic E-state index is 12.2. The fourth-order valence-electron chi connectivity index (χ4n) is 2.95. The molecular formula is C17H15ClN4O5S2. The lowest BCUT2D eigenvalue weighted by Crippen LogP contribution is -2.49. The molecule has 2 N–H and O–H groups in total. The van der Waals surface area contributed by atoms with E-state index in [1.807, 2.05) is 10.8 Å². The first-order chi connectivity index (χ1) is 13.6. The number of thiophene rings is 1. The van der Waals surface area contributed by atoms with Crippen LogP contribution in [0.15, 0.2) is 22.4 Å². The Labute approximate surface area is 175 Å². The summed E-state index contributed by atoms with van der Waals surface area (Å²) in [6, 6.07) is 5.98. The van der Waals surface area contributed by atoms with E-state index in [4.69, 9.17) is 16.7 Å². The number of hydrogen-bond acceptors (Lipinski definition) is 8. The van der Waals surface area contributed by atoms with Crippen molar-refractivity contribution in [1.29, 1.82) is 5.26 Å². The monoisotopic (exact) mass is 454 g/mol. The topological polar surface area (TPSA) is 140 Å². The van der Waals surface area contributed by atoms with Gasteiger partial charge >= 0.3 is 5.97 Å². The number of carbonyl (C=O) groups is 2. The molecule has 1 aliphatic heterocycles. The van der Waals surface area contributed by atoms with Gasteiger partial charge in [-0.1, -0.05) is 11.6 Å². The quantitative estimate of drug-likeness (QED) is 0.675. The third-order valence-corrected chi connectivity index (χ3v) is 7.43. The van der Waals surface area contributed by atoms with Crippen LogP contribution in [0.3, 0.4) is 0 Å². The van der Waals surface area contributed by atoms with Gasteiger partial charge in [0, 0.05) is 25.4 Å². The van der Waals surface area contributed by atoms with Gasteiger partial charge in [0.2, 0.25) is 5.91 Å². The Balaban J connectivity index is 1.62. The van der Waals surface area contributed by atoms with Gasteiger partial charge in [0.25, 0.3) is 10.0 Å². The average molecular weight is 455 g/mol. The van der Waals surface area contributed by atoms with E-state index in [0.717, 1.165) is 11.3 Å². The van der Waals surface area contributed by atoms with E-state index in [1.165, 1.54) is 18.2 Å². The predicted molar refractivity (Wildman–Crippen MR) is 106 cm³/mol. The molecule has 3 heterocycles.